The highest BCUT2D eigenvalue weighted by Crippen LogP contribution is 2.26. The van der Waals surface area contributed by atoms with E-state index in [1.807, 2.05) is 6.92 Å². The number of benzene rings is 1. The van der Waals surface area contributed by atoms with Crippen LogP contribution in [0.5, 0.6) is 5.75 Å². The van der Waals surface area contributed by atoms with Gasteiger partial charge in [0.1, 0.15) is 5.75 Å². The summed E-state index contributed by atoms with van der Waals surface area (Å²) in [4.78, 5) is 0. The van der Waals surface area contributed by atoms with Gasteiger partial charge in [-0.25, -0.2) is 0 Å². The Balaban J connectivity index is 1.99. The summed E-state index contributed by atoms with van der Waals surface area (Å²) in [6.07, 6.45) is -3.72. The second-order valence-corrected chi connectivity index (χ2v) is 4.51. The summed E-state index contributed by atoms with van der Waals surface area (Å²) in [7, 11) is 0. The Morgan fingerprint density at radius 3 is 2.74 bits per heavy atom. The first-order valence-electron chi connectivity index (χ1n) is 6.14. The predicted molar refractivity (Wildman–Crippen MR) is 63.8 cm³/mol. The third kappa shape index (κ3) is 4.11. The van der Waals surface area contributed by atoms with Crippen molar-refractivity contribution in [1.82, 2.24) is 5.32 Å². The van der Waals surface area contributed by atoms with Crippen molar-refractivity contribution in [3.05, 3.63) is 29.8 Å². The summed E-state index contributed by atoms with van der Waals surface area (Å²) < 4.78 is 46.2. The molecule has 106 valence electrons. The highest BCUT2D eigenvalue weighted by molar-refractivity contribution is 5.33. The maximum Gasteiger partial charge on any atom is 0.573 e. The quantitative estimate of drug-likeness (QED) is 0.916. The molecule has 3 nitrogen and oxygen atoms in total. The first-order chi connectivity index (χ1) is 8.96. The molecule has 1 aliphatic heterocycles. The number of alkyl halides is 3. The van der Waals surface area contributed by atoms with Gasteiger partial charge in [-0.2, -0.15) is 0 Å². The summed E-state index contributed by atoms with van der Waals surface area (Å²) in [5.74, 6) is -0.158. The van der Waals surface area contributed by atoms with Crippen molar-refractivity contribution in [3.8, 4) is 5.75 Å². The third-order valence-electron chi connectivity index (χ3n) is 3.13. The molecule has 1 aromatic carbocycles. The van der Waals surface area contributed by atoms with Gasteiger partial charge in [0, 0.05) is 24.8 Å². The number of hydrogen-bond donors (Lipinski definition) is 1. The molecule has 0 aromatic heterocycles. The van der Waals surface area contributed by atoms with Crippen LogP contribution < -0.4 is 10.1 Å². The average molecular weight is 275 g/mol. The van der Waals surface area contributed by atoms with Crippen molar-refractivity contribution in [2.24, 2.45) is 0 Å². The van der Waals surface area contributed by atoms with E-state index in [-0.39, 0.29) is 17.9 Å². The van der Waals surface area contributed by atoms with Crippen LogP contribution in [-0.4, -0.2) is 25.1 Å². The van der Waals surface area contributed by atoms with Gasteiger partial charge in [-0.3, -0.25) is 0 Å². The lowest BCUT2D eigenvalue weighted by Crippen LogP contribution is -2.34. The van der Waals surface area contributed by atoms with E-state index in [2.05, 4.69) is 10.1 Å². The fourth-order valence-corrected chi connectivity index (χ4v) is 2.11. The minimum absolute atomic E-state index is 0.0793. The molecule has 0 aliphatic carbocycles. The first kappa shape index (κ1) is 14.1. The van der Waals surface area contributed by atoms with Gasteiger partial charge >= 0.3 is 6.36 Å². The predicted octanol–water partition coefficient (Wildman–Crippen LogP) is 2.85. The van der Waals surface area contributed by atoms with Crippen molar-refractivity contribution in [1.29, 1.82) is 0 Å². The molecule has 1 fully saturated rings. The van der Waals surface area contributed by atoms with Gasteiger partial charge in [-0.1, -0.05) is 18.2 Å². The fourth-order valence-electron chi connectivity index (χ4n) is 2.11. The minimum atomic E-state index is -4.67. The molecule has 1 aliphatic rings. The highest BCUT2D eigenvalue weighted by Gasteiger charge is 2.32. The molecule has 2 atom stereocenters. The van der Waals surface area contributed by atoms with E-state index in [1.165, 1.54) is 12.1 Å². The Morgan fingerprint density at radius 1 is 1.37 bits per heavy atom. The number of para-hydroxylation sites is 1. The molecule has 0 bridgehead atoms. The van der Waals surface area contributed by atoms with Crippen molar-refractivity contribution < 1.29 is 22.6 Å². The van der Waals surface area contributed by atoms with E-state index in [0.29, 0.717) is 18.7 Å². The lowest BCUT2D eigenvalue weighted by Gasteiger charge is -2.18. The summed E-state index contributed by atoms with van der Waals surface area (Å²) in [5, 5.41) is 3.20. The number of rotatable bonds is 4. The van der Waals surface area contributed by atoms with E-state index in [0.717, 1.165) is 6.42 Å². The molecule has 0 radical (unpaired) electrons. The Hall–Kier alpha value is -1.27. The van der Waals surface area contributed by atoms with E-state index in [9.17, 15) is 13.2 Å². The van der Waals surface area contributed by atoms with Gasteiger partial charge < -0.3 is 14.8 Å². The molecule has 1 N–H and O–H groups in total. The Bertz CT molecular complexity index is 423. The summed E-state index contributed by atoms with van der Waals surface area (Å²) in [5.41, 5.74) is 0.485. The first-order valence-corrected chi connectivity index (χ1v) is 6.14. The number of halogens is 3. The zero-order chi connectivity index (χ0) is 13.9. The largest absolute Gasteiger partial charge is 0.573 e. The third-order valence-corrected chi connectivity index (χ3v) is 3.13. The molecule has 0 saturated carbocycles. The molecule has 2 unspecified atom stereocenters. The van der Waals surface area contributed by atoms with Gasteiger partial charge in [-0.15, -0.1) is 13.2 Å². The normalized spacial score (nSPS) is 23.6. The lowest BCUT2D eigenvalue weighted by atomic mass is 10.1. The maximum absolute atomic E-state index is 12.3. The molecule has 1 saturated heterocycles. The number of ether oxygens (including phenoxy) is 2. The van der Waals surface area contributed by atoms with Crippen LogP contribution in [0.1, 0.15) is 18.9 Å². The van der Waals surface area contributed by atoms with Crippen LogP contribution in [0.25, 0.3) is 0 Å². The summed E-state index contributed by atoms with van der Waals surface area (Å²) >= 11 is 0. The number of hydrogen-bond acceptors (Lipinski definition) is 3. The molecule has 19 heavy (non-hydrogen) atoms. The molecule has 1 aromatic rings. The topological polar surface area (TPSA) is 30.5 Å². The SMILES string of the molecule is CC1OCCC1NCc1ccccc1OC(F)(F)F. The second kappa shape index (κ2) is 5.79. The van der Waals surface area contributed by atoms with E-state index < -0.39 is 6.36 Å². The van der Waals surface area contributed by atoms with E-state index in [4.69, 9.17) is 4.74 Å². The summed E-state index contributed by atoms with van der Waals surface area (Å²) in [6, 6.07) is 6.31. The van der Waals surface area contributed by atoms with Crippen molar-refractivity contribution >= 4 is 0 Å². The molecule has 2 rings (SSSR count). The zero-order valence-corrected chi connectivity index (χ0v) is 10.5. The van der Waals surface area contributed by atoms with Crippen molar-refractivity contribution in [2.75, 3.05) is 6.61 Å². The van der Waals surface area contributed by atoms with Crippen LogP contribution in [0, 0.1) is 0 Å². The monoisotopic (exact) mass is 275 g/mol. The second-order valence-electron chi connectivity index (χ2n) is 4.51. The number of nitrogens with one attached hydrogen (secondary N) is 1. The van der Waals surface area contributed by atoms with Gasteiger partial charge in [-0.05, 0) is 19.4 Å². The van der Waals surface area contributed by atoms with Gasteiger partial charge in [0.15, 0.2) is 0 Å². The average Bonchev–Trinajstić information content (AvgIpc) is 2.72. The smallest absolute Gasteiger partial charge is 0.405 e. The molecule has 0 spiro atoms. The van der Waals surface area contributed by atoms with Crippen LogP contribution in [0.2, 0.25) is 0 Å². The molecular formula is C13H16F3NO2. The zero-order valence-electron chi connectivity index (χ0n) is 10.5. The molecule has 0 amide bonds. The van der Waals surface area contributed by atoms with Crippen LogP contribution >= 0.6 is 0 Å². The van der Waals surface area contributed by atoms with Crippen LogP contribution in [0.15, 0.2) is 24.3 Å². The van der Waals surface area contributed by atoms with E-state index in [1.54, 1.807) is 12.1 Å². The summed E-state index contributed by atoms with van der Waals surface area (Å²) in [6.45, 7) is 2.95. The van der Waals surface area contributed by atoms with Crippen molar-refractivity contribution in [2.45, 2.75) is 38.4 Å². The molecule has 6 heteroatoms. The highest BCUT2D eigenvalue weighted by atomic mass is 19.4. The Labute approximate surface area is 109 Å². The van der Waals surface area contributed by atoms with Crippen LogP contribution in [-0.2, 0) is 11.3 Å². The van der Waals surface area contributed by atoms with Gasteiger partial charge in [0.25, 0.3) is 0 Å². The standard InChI is InChI=1S/C13H16F3NO2/c1-9-11(6-7-18-9)17-8-10-4-2-3-5-12(10)19-13(14,15)16/h2-5,9,11,17H,6-8H2,1H3. The maximum atomic E-state index is 12.3. The fraction of sp³-hybridized carbons (Fsp3) is 0.538. The van der Waals surface area contributed by atoms with Crippen LogP contribution in [0.4, 0.5) is 13.2 Å². The minimum Gasteiger partial charge on any atom is -0.405 e. The van der Waals surface area contributed by atoms with E-state index >= 15 is 0 Å². The Morgan fingerprint density at radius 2 is 2.11 bits per heavy atom. The molecule has 1 heterocycles. The molecular weight excluding hydrogens is 259 g/mol. The lowest BCUT2D eigenvalue weighted by molar-refractivity contribution is -0.274. The van der Waals surface area contributed by atoms with Crippen molar-refractivity contribution in [3.63, 3.8) is 0 Å². The van der Waals surface area contributed by atoms with Crippen LogP contribution in [0.3, 0.4) is 0 Å². The van der Waals surface area contributed by atoms with Gasteiger partial charge in [0.05, 0.1) is 6.10 Å². The Kier molecular flexibility index (Phi) is 4.31. The van der Waals surface area contributed by atoms with Gasteiger partial charge in [0.2, 0.25) is 0 Å².